The molecule has 0 spiro atoms. The minimum absolute atomic E-state index is 0.145. The molecule has 0 aliphatic heterocycles. The molecule has 0 aliphatic rings. The van der Waals surface area contributed by atoms with Crippen LogP contribution >= 0.6 is 11.3 Å². The van der Waals surface area contributed by atoms with E-state index in [1.165, 1.54) is 5.56 Å². The Labute approximate surface area is 173 Å². The lowest BCUT2D eigenvalue weighted by atomic mass is 10.1. The van der Waals surface area contributed by atoms with E-state index in [1.807, 2.05) is 53.9 Å². The van der Waals surface area contributed by atoms with Crippen molar-refractivity contribution in [3.8, 4) is 17.0 Å². The van der Waals surface area contributed by atoms with E-state index in [2.05, 4.69) is 29.5 Å². The molecule has 0 aliphatic carbocycles. The van der Waals surface area contributed by atoms with Crippen molar-refractivity contribution in [2.45, 2.75) is 25.5 Å². The molecule has 0 unspecified atom stereocenters. The van der Waals surface area contributed by atoms with Crippen LogP contribution in [0.4, 0.5) is 0 Å². The Morgan fingerprint density at radius 2 is 2.00 bits per heavy atom. The van der Waals surface area contributed by atoms with Crippen LogP contribution < -0.4 is 10.1 Å². The van der Waals surface area contributed by atoms with Crippen LogP contribution in [0.2, 0.25) is 0 Å². The van der Waals surface area contributed by atoms with Gasteiger partial charge in [-0.25, -0.2) is 0 Å². The van der Waals surface area contributed by atoms with Crippen molar-refractivity contribution in [3.63, 3.8) is 0 Å². The topological polar surface area (TPSA) is 67.5 Å². The number of rotatable bonds is 8. The average Bonchev–Trinajstić information content (AvgIpc) is 3.35. The van der Waals surface area contributed by atoms with Gasteiger partial charge in [0.25, 0.3) is 0 Å². The molecule has 29 heavy (non-hydrogen) atoms. The Kier molecular flexibility index (Phi) is 5.67. The number of benzene rings is 2. The summed E-state index contributed by atoms with van der Waals surface area (Å²) in [5, 5.41) is 20.3. The van der Waals surface area contributed by atoms with E-state index in [1.54, 1.807) is 18.3 Å². The summed E-state index contributed by atoms with van der Waals surface area (Å²) in [7, 11) is 0. The van der Waals surface area contributed by atoms with Crippen molar-refractivity contribution >= 4 is 21.6 Å². The highest BCUT2D eigenvalue weighted by Gasteiger charge is 2.23. The van der Waals surface area contributed by atoms with Gasteiger partial charge >= 0.3 is 0 Å². The van der Waals surface area contributed by atoms with Crippen LogP contribution in [0.1, 0.15) is 25.5 Å². The zero-order chi connectivity index (χ0) is 20.3. The van der Waals surface area contributed by atoms with Crippen molar-refractivity contribution < 1.29 is 14.4 Å². The second kappa shape index (κ2) is 8.37. The van der Waals surface area contributed by atoms with Crippen LogP contribution in [-0.2, 0) is 0 Å². The average molecular weight is 409 g/mol. The van der Waals surface area contributed by atoms with Gasteiger partial charge in [-0.05, 0) is 43.0 Å². The Morgan fingerprint density at radius 1 is 1.17 bits per heavy atom. The first-order valence-electron chi connectivity index (χ1n) is 9.59. The van der Waals surface area contributed by atoms with Gasteiger partial charge in [-0.2, -0.15) is 0 Å². The lowest BCUT2D eigenvalue weighted by Gasteiger charge is -2.26. The number of hydrogen-bond acceptors (Lipinski definition) is 6. The van der Waals surface area contributed by atoms with Gasteiger partial charge in [-0.15, -0.1) is 11.3 Å². The highest BCUT2D eigenvalue weighted by atomic mass is 32.1. The van der Waals surface area contributed by atoms with Gasteiger partial charge in [0.15, 0.2) is 5.58 Å². The number of hydrogen-bond donors (Lipinski definition) is 2. The standard InChI is InChI=1S/C23H24N2O3S/c1-16(17-7-4-3-5-8-17)24-14-23(2,26)15-27-19-10-6-9-18(13-19)21-22-20(28-25-21)11-12-29-22/h3-13,16,24,26H,14-15H2,1-2H3/t16-,23-/m0/s1. The molecule has 0 fully saturated rings. The van der Waals surface area contributed by atoms with Crippen molar-refractivity contribution in [2.24, 2.45) is 0 Å². The number of nitrogens with zero attached hydrogens (tertiary/aromatic N) is 1. The molecule has 2 aromatic carbocycles. The number of thiophene rings is 1. The van der Waals surface area contributed by atoms with Gasteiger partial charge in [0, 0.05) is 18.2 Å². The highest BCUT2D eigenvalue weighted by molar-refractivity contribution is 7.17. The van der Waals surface area contributed by atoms with E-state index in [0.717, 1.165) is 21.5 Å². The molecule has 0 bridgehead atoms. The molecular formula is C23H24N2O3S. The molecule has 150 valence electrons. The Hall–Kier alpha value is -2.67. The van der Waals surface area contributed by atoms with Crippen LogP contribution in [0.3, 0.4) is 0 Å². The zero-order valence-corrected chi connectivity index (χ0v) is 17.3. The normalized spacial score (nSPS) is 14.6. The van der Waals surface area contributed by atoms with Crippen LogP contribution in [0.5, 0.6) is 5.75 Å². The molecule has 4 aromatic rings. The van der Waals surface area contributed by atoms with Gasteiger partial charge in [0.1, 0.15) is 28.4 Å². The predicted molar refractivity (Wildman–Crippen MR) is 116 cm³/mol. The maximum absolute atomic E-state index is 10.7. The smallest absolute Gasteiger partial charge is 0.178 e. The maximum atomic E-state index is 10.7. The minimum Gasteiger partial charge on any atom is -0.491 e. The molecule has 0 saturated carbocycles. The molecular weight excluding hydrogens is 384 g/mol. The quantitative estimate of drug-likeness (QED) is 0.428. The second-order valence-electron chi connectivity index (χ2n) is 7.47. The molecule has 6 heteroatoms. The Balaban J connectivity index is 1.37. The molecule has 2 N–H and O–H groups in total. The number of aliphatic hydroxyl groups is 1. The molecule has 0 radical (unpaired) electrons. The molecule has 2 aromatic heterocycles. The lowest BCUT2D eigenvalue weighted by Crippen LogP contribution is -2.43. The van der Waals surface area contributed by atoms with E-state index < -0.39 is 5.60 Å². The Bertz CT molecular complexity index is 1070. The van der Waals surface area contributed by atoms with Crippen molar-refractivity contribution in [1.82, 2.24) is 10.5 Å². The summed E-state index contributed by atoms with van der Waals surface area (Å²) in [6, 6.07) is 19.9. The van der Waals surface area contributed by atoms with Crippen LogP contribution in [0, 0.1) is 0 Å². The van der Waals surface area contributed by atoms with Gasteiger partial charge in [0.05, 0.1) is 0 Å². The molecule has 0 saturated heterocycles. The largest absolute Gasteiger partial charge is 0.491 e. The summed E-state index contributed by atoms with van der Waals surface area (Å²) in [6.45, 7) is 4.45. The highest BCUT2D eigenvalue weighted by Crippen LogP contribution is 2.33. The van der Waals surface area contributed by atoms with E-state index in [4.69, 9.17) is 9.26 Å². The third-order valence-electron chi connectivity index (χ3n) is 4.83. The lowest BCUT2D eigenvalue weighted by molar-refractivity contribution is 0.0105. The van der Waals surface area contributed by atoms with Crippen LogP contribution in [0.25, 0.3) is 21.5 Å². The number of aromatic nitrogens is 1. The third kappa shape index (κ3) is 4.67. The summed E-state index contributed by atoms with van der Waals surface area (Å²) in [4.78, 5) is 0. The summed E-state index contributed by atoms with van der Waals surface area (Å²) in [6.07, 6.45) is 0. The first-order chi connectivity index (χ1) is 14.0. The van der Waals surface area contributed by atoms with Crippen molar-refractivity contribution in [3.05, 3.63) is 71.6 Å². The zero-order valence-electron chi connectivity index (χ0n) is 16.5. The summed E-state index contributed by atoms with van der Waals surface area (Å²) >= 11 is 1.60. The molecule has 4 rings (SSSR count). The van der Waals surface area contributed by atoms with Crippen LogP contribution in [-0.4, -0.2) is 29.0 Å². The summed E-state index contributed by atoms with van der Waals surface area (Å²) < 4.78 is 12.3. The van der Waals surface area contributed by atoms with Crippen LogP contribution in [0.15, 0.2) is 70.6 Å². The predicted octanol–water partition coefficient (Wildman–Crippen LogP) is 5.04. The van der Waals surface area contributed by atoms with Crippen molar-refractivity contribution in [1.29, 1.82) is 0 Å². The number of fused-ring (bicyclic) bond motifs is 1. The number of ether oxygens (including phenoxy) is 1. The van der Waals surface area contributed by atoms with Gasteiger partial charge in [-0.1, -0.05) is 47.6 Å². The maximum Gasteiger partial charge on any atom is 0.178 e. The number of nitrogens with one attached hydrogen (secondary N) is 1. The van der Waals surface area contributed by atoms with Crippen molar-refractivity contribution in [2.75, 3.05) is 13.2 Å². The van der Waals surface area contributed by atoms with Gasteiger partial charge in [-0.3, -0.25) is 0 Å². The first kappa shape index (κ1) is 19.6. The molecule has 5 nitrogen and oxygen atoms in total. The fourth-order valence-corrected chi connectivity index (χ4v) is 3.93. The van der Waals surface area contributed by atoms with E-state index >= 15 is 0 Å². The van der Waals surface area contributed by atoms with Gasteiger partial charge < -0.3 is 19.7 Å². The first-order valence-corrected chi connectivity index (χ1v) is 10.5. The van der Waals surface area contributed by atoms with Gasteiger partial charge in [0.2, 0.25) is 0 Å². The fourth-order valence-electron chi connectivity index (χ4n) is 3.12. The SMILES string of the molecule is C[C@H](NC[C@](C)(O)COc1cccc(-c2noc3ccsc23)c1)c1ccccc1. The van der Waals surface area contributed by atoms with E-state index in [9.17, 15) is 5.11 Å². The molecule has 2 heterocycles. The van der Waals surface area contributed by atoms with E-state index in [-0.39, 0.29) is 12.6 Å². The summed E-state index contributed by atoms with van der Waals surface area (Å²) in [5.74, 6) is 0.687. The minimum atomic E-state index is -1.01. The Morgan fingerprint density at radius 3 is 2.83 bits per heavy atom. The second-order valence-corrected chi connectivity index (χ2v) is 8.39. The van der Waals surface area contributed by atoms with E-state index in [0.29, 0.717) is 12.3 Å². The molecule has 2 atom stereocenters. The third-order valence-corrected chi connectivity index (χ3v) is 5.73. The molecule has 0 amide bonds. The monoisotopic (exact) mass is 408 g/mol. The summed E-state index contributed by atoms with van der Waals surface area (Å²) in [5.41, 5.74) is 2.71. The fraction of sp³-hybridized carbons (Fsp3) is 0.261.